The summed E-state index contributed by atoms with van der Waals surface area (Å²) in [6, 6.07) is 4.32. The predicted molar refractivity (Wildman–Crippen MR) is 85.2 cm³/mol. The number of halogens is 2. The van der Waals surface area contributed by atoms with Crippen molar-refractivity contribution in [2.75, 3.05) is 11.9 Å². The zero-order chi connectivity index (χ0) is 15.7. The first kappa shape index (κ1) is 17.3. The van der Waals surface area contributed by atoms with Crippen molar-refractivity contribution in [3.8, 4) is 5.69 Å². The largest absolute Gasteiger partial charge is 0.330 e. The molecule has 1 aromatic carbocycles. The number of nitrogens with one attached hydrogen (secondary N) is 1. The van der Waals surface area contributed by atoms with Crippen LogP contribution in [-0.4, -0.2) is 32.7 Å². The number of carbonyl (C=O) groups is 1. The zero-order valence-corrected chi connectivity index (χ0v) is 13.4. The summed E-state index contributed by atoms with van der Waals surface area (Å²) in [4.78, 5) is 11.9. The molecule has 3 rings (SSSR count). The van der Waals surface area contributed by atoms with Gasteiger partial charge >= 0.3 is 0 Å². The molecule has 23 heavy (non-hydrogen) atoms. The van der Waals surface area contributed by atoms with Crippen molar-refractivity contribution in [3.05, 3.63) is 29.8 Å². The van der Waals surface area contributed by atoms with Gasteiger partial charge in [-0.25, -0.2) is 4.39 Å². The fourth-order valence-corrected chi connectivity index (χ4v) is 2.09. The molecule has 1 unspecified atom stereocenters. The molecule has 0 radical (unpaired) electrons. The monoisotopic (exact) mass is 340 g/mol. The number of tetrazole rings is 1. The lowest BCUT2D eigenvalue weighted by atomic mass is 10.1. The predicted octanol–water partition coefficient (Wildman–Crippen LogP) is 1.63. The maximum absolute atomic E-state index is 14.1. The van der Waals surface area contributed by atoms with Crippen LogP contribution in [-0.2, 0) is 4.79 Å². The van der Waals surface area contributed by atoms with Crippen LogP contribution in [0.1, 0.15) is 31.5 Å². The second kappa shape index (κ2) is 7.01. The third-order valence-electron chi connectivity index (χ3n) is 3.68. The van der Waals surface area contributed by atoms with Gasteiger partial charge in [-0.1, -0.05) is 6.92 Å². The van der Waals surface area contributed by atoms with Gasteiger partial charge in [0.2, 0.25) is 5.91 Å². The first-order valence-corrected chi connectivity index (χ1v) is 7.19. The fourth-order valence-electron chi connectivity index (χ4n) is 2.09. The van der Waals surface area contributed by atoms with E-state index >= 15 is 0 Å². The average molecular weight is 341 g/mol. The molecule has 7 nitrogen and oxygen atoms in total. The number of carbonyl (C=O) groups excluding carboxylic acids is 1. The van der Waals surface area contributed by atoms with E-state index in [1.165, 1.54) is 22.9 Å². The Bertz CT molecular complexity index is 702. The van der Waals surface area contributed by atoms with Gasteiger partial charge in [-0.05, 0) is 41.5 Å². The van der Waals surface area contributed by atoms with Crippen molar-refractivity contribution in [1.29, 1.82) is 0 Å². The Morgan fingerprint density at radius 2 is 2.26 bits per heavy atom. The van der Waals surface area contributed by atoms with Gasteiger partial charge in [0, 0.05) is 24.1 Å². The van der Waals surface area contributed by atoms with E-state index in [-0.39, 0.29) is 42.4 Å². The van der Waals surface area contributed by atoms with Gasteiger partial charge in [0.15, 0.2) is 5.82 Å². The standard InChI is InChI=1S/C14H17FN6O.ClH/c1-8(7-16)14(22)17-10-4-5-11(15)12(6-10)21-13(9-2-3-9)18-19-20-21;/h4-6,8-9H,2-3,7,16H2,1H3,(H,17,22);1H. The molecule has 1 amide bonds. The number of benzene rings is 1. The summed E-state index contributed by atoms with van der Waals surface area (Å²) >= 11 is 0. The van der Waals surface area contributed by atoms with Crippen LogP contribution in [0.5, 0.6) is 0 Å². The highest BCUT2D eigenvalue weighted by molar-refractivity contribution is 5.92. The number of anilines is 1. The Morgan fingerprint density at radius 1 is 1.52 bits per heavy atom. The molecule has 0 bridgehead atoms. The van der Waals surface area contributed by atoms with Crippen LogP contribution < -0.4 is 11.1 Å². The number of nitrogens with two attached hydrogens (primary N) is 1. The van der Waals surface area contributed by atoms with Crippen LogP contribution >= 0.6 is 12.4 Å². The maximum Gasteiger partial charge on any atom is 0.228 e. The molecule has 0 spiro atoms. The number of rotatable bonds is 5. The molecule has 1 heterocycles. The molecule has 0 aliphatic heterocycles. The Hall–Kier alpha value is -2.06. The van der Waals surface area contributed by atoms with Crippen molar-refractivity contribution in [2.24, 2.45) is 11.7 Å². The lowest BCUT2D eigenvalue weighted by Gasteiger charge is -2.12. The minimum atomic E-state index is -0.445. The normalized spacial score (nSPS) is 14.9. The third-order valence-corrected chi connectivity index (χ3v) is 3.68. The summed E-state index contributed by atoms with van der Waals surface area (Å²) in [7, 11) is 0. The highest BCUT2D eigenvalue weighted by atomic mass is 35.5. The van der Waals surface area contributed by atoms with Gasteiger partial charge in [-0.3, -0.25) is 4.79 Å². The number of amides is 1. The summed E-state index contributed by atoms with van der Waals surface area (Å²) in [6.45, 7) is 1.98. The van der Waals surface area contributed by atoms with E-state index in [0.717, 1.165) is 12.8 Å². The summed E-state index contributed by atoms with van der Waals surface area (Å²) < 4.78 is 15.5. The van der Waals surface area contributed by atoms with Crippen molar-refractivity contribution >= 4 is 24.0 Å². The van der Waals surface area contributed by atoms with Crippen molar-refractivity contribution < 1.29 is 9.18 Å². The average Bonchev–Trinajstić information content (AvgIpc) is 3.25. The van der Waals surface area contributed by atoms with Crippen molar-refractivity contribution in [2.45, 2.75) is 25.7 Å². The summed E-state index contributed by atoms with van der Waals surface area (Å²) in [6.07, 6.45) is 2.01. The molecule has 1 aromatic heterocycles. The number of hydrogen-bond donors (Lipinski definition) is 2. The van der Waals surface area contributed by atoms with Crippen LogP contribution in [0.4, 0.5) is 10.1 Å². The molecule has 2 aromatic rings. The van der Waals surface area contributed by atoms with Crippen LogP contribution in [0.2, 0.25) is 0 Å². The molecule has 3 N–H and O–H groups in total. The summed E-state index contributed by atoms with van der Waals surface area (Å²) in [5, 5.41) is 14.2. The molecule has 1 saturated carbocycles. The highest BCUT2D eigenvalue weighted by Gasteiger charge is 2.30. The second-order valence-corrected chi connectivity index (χ2v) is 5.52. The Kier molecular flexibility index (Phi) is 5.27. The molecule has 1 fully saturated rings. The SMILES string of the molecule is CC(CN)C(=O)Nc1ccc(F)c(-n2nnnc2C2CC2)c1.Cl. The van der Waals surface area contributed by atoms with Crippen LogP contribution in [0, 0.1) is 11.7 Å². The number of nitrogens with zero attached hydrogens (tertiary/aromatic N) is 4. The van der Waals surface area contributed by atoms with Gasteiger partial charge < -0.3 is 11.1 Å². The van der Waals surface area contributed by atoms with Crippen LogP contribution in [0.3, 0.4) is 0 Å². The summed E-state index contributed by atoms with van der Waals surface area (Å²) in [5.41, 5.74) is 6.18. The molecule has 0 saturated heterocycles. The first-order valence-electron chi connectivity index (χ1n) is 7.19. The molecule has 1 aliphatic carbocycles. The lowest BCUT2D eigenvalue weighted by Crippen LogP contribution is -2.26. The van der Waals surface area contributed by atoms with E-state index in [4.69, 9.17) is 5.73 Å². The van der Waals surface area contributed by atoms with Gasteiger partial charge in [0.25, 0.3) is 0 Å². The molecular weight excluding hydrogens is 323 g/mol. The lowest BCUT2D eigenvalue weighted by molar-refractivity contribution is -0.119. The maximum atomic E-state index is 14.1. The number of aromatic nitrogens is 4. The Balaban J connectivity index is 0.00000192. The summed E-state index contributed by atoms with van der Waals surface area (Å²) in [5.74, 6) is -0.0376. The molecule has 124 valence electrons. The fraction of sp³-hybridized carbons (Fsp3) is 0.429. The van der Waals surface area contributed by atoms with Crippen molar-refractivity contribution in [3.63, 3.8) is 0 Å². The topological polar surface area (TPSA) is 98.7 Å². The van der Waals surface area contributed by atoms with E-state index in [1.807, 2.05) is 0 Å². The van der Waals surface area contributed by atoms with Crippen LogP contribution in [0.15, 0.2) is 18.2 Å². The second-order valence-electron chi connectivity index (χ2n) is 5.52. The Morgan fingerprint density at radius 3 is 2.91 bits per heavy atom. The van der Waals surface area contributed by atoms with Gasteiger partial charge in [0.05, 0.1) is 0 Å². The third kappa shape index (κ3) is 3.65. The molecule has 9 heteroatoms. The van der Waals surface area contributed by atoms with Gasteiger partial charge in [0.1, 0.15) is 11.5 Å². The highest BCUT2D eigenvalue weighted by Crippen LogP contribution is 2.39. The quantitative estimate of drug-likeness (QED) is 0.862. The van der Waals surface area contributed by atoms with Crippen molar-refractivity contribution in [1.82, 2.24) is 20.2 Å². The molecular formula is C14H18ClFN6O. The molecule has 1 atom stereocenters. The van der Waals surface area contributed by atoms with E-state index in [9.17, 15) is 9.18 Å². The smallest absolute Gasteiger partial charge is 0.228 e. The van der Waals surface area contributed by atoms with E-state index in [0.29, 0.717) is 11.5 Å². The van der Waals surface area contributed by atoms with E-state index in [1.54, 1.807) is 6.92 Å². The Labute approximate surface area is 138 Å². The van der Waals surface area contributed by atoms with Gasteiger partial charge in [-0.2, -0.15) is 4.68 Å². The van der Waals surface area contributed by atoms with E-state index in [2.05, 4.69) is 20.8 Å². The minimum Gasteiger partial charge on any atom is -0.330 e. The number of hydrogen-bond acceptors (Lipinski definition) is 5. The van der Waals surface area contributed by atoms with Crippen LogP contribution in [0.25, 0.3) is 5.69 Å². The zero-order valence-electron chi connectivity index (χ0n) is 12.6. The minimum absolute atomic E-state index is 0. The van der Waals surface area contributed by atoms with Gasteiger partial charge in [-0.15, -0.1) is 17.5 Å². The first-order chi connectivity index (χ1) is 10.6. The van der Waals surface area contributed by atoms with E-state index < -0.39 is 5.82 Å². The molecule has 1 aliphatic rings.